The first-order valence-electron chi connectivity index (χ1n) is 9.67. The van der Waals surface area contributed by atoms with Gasteiger partial charge in [0, 0.05) is 12.1 Å². The zero-order valence-corrected chi connectivity index (χ0v) is 17.3. The molecule has 1 aliphatic rings. The molecule has 0 unspecified atom stereocenters. The minimum Gasteiger partial charge on any atom is -0.490 e. The molecule has 0 fully saturated rings. The predicted octanol–water partition coefficient (Wildman–Crippen LogP) is 5.24. The second kappa shape index (κ2) is 7.93. The SMILES string of the molecule is O=C1c2ccccc2C(=O)N1CCOc1ccc2c(-c3c(F)cc(F)cc3F)noc2c1Cl. The molecular weight excluding hydrogens is 461 g/mol. The third kappa shape index (κ3) is 3.41. The third-order valence-electron chi connectivity index (χ3n) is 5.24. The first kappa shape index (κ1) is 21.0. The first-order chi connectivity index (χ1) is 15.9. The number of rotatable bonds is 5. The zero-order chi connectivity index (χ0) is 23.3. The van der Waals surface area contributed by atoms with Crippen LogP contribution in [0.5, 0.6) is 5.75 Å². The van der Waals surface area contributed by atoms with Crippen molar-refractivity contribution in [3.63, 3.8) is 0 Å². The van der Waals surface area contributed by atoms with Crippen molar-refractivity contribution >= 4 is 34.4 Å². The lowest BCUT2D eigenvalue weighted by atomic mass is 10.1. The van der Waals surface area contributed by atoms with Crippen molar-refractivity contribution in [3.8, 4) is 17.0 Å². The van der Waals surface area contributed by atoms with Crippen LogP contribution in [0.1, 0.15) is 20.7 Å². The summed E-state index contributed by atoms with van der Waals surface area (Å²) < 4.78 is 52.4. The Bertz CT molecular complexity index is 1400. The number of carbonyl (C=O) groups is 2. The van der Waals surface area contributed by atoms with E-state index in [1.165, 1.54) is 12.1 Å². The van der Waals surface area contributed by atoms with Crippen LogP contribution in [0.3, 0.4) is 0 Å². The molecule has 6 nitrogen and oxygen atoms in total. The minimum absolute atomic E-state index is 0.00743. The van der Waals surface area contributed by atoms with Crippen LogP contribution in [0.25, 0.3) is 22.2 Å². The van der Waals surface area contributed by atoms with E-state index in [1.54, 1.807) is 24.3 Å². The van der Waals surface area contributed by atoms with Crippen molar-refractivity contribution in [2.45, 2.75) is 0 Å². The van der Waals surface area contributed by atoms with Crippen LogP contribution in [0.15, 0.2) is 53.1 Å². The lowest BCUT2D eigenvalue weighted by molar-refractivity contribution is 0.0631. The summed E-state index contributed by atoms with van der Waals surface area (Å²) in [5.74, 6) is -4.01. The Hall–Kier alpha value is -3.85. The molecule has 5 rings (SSSR count). The molecule has 1 aromatic heterocycles. The number of carbonyl (C=O) groups excluding carboxylic acids is 2. The number of hydrogen-bond acceptors (Lipinski definition) is 5. The van der Waals surface area contributed by atoms with Crippen LogP contribution in [0.2, 0.25) is 5.02 Å². The summed E-state index contributed by atoms with van der Waals surface area (Å²) in [6.45, 7) is -0.0761. The maximum absolute atomic E-state index is 14.2. The van der Waals surface area contributed by atoms with Gasteiger partial charge in [-0.25, -0.2) is 13.2 Å². The van der Waals surface area contributed by atoms with Crippen molar-refractivity contribution in [3.05, 3.63) is 82.1 Å². The molecule has 0 radical (unpaired) electrons. The number of benzene rings is 3. The minimum atomic E-state index is -1.14. The number of hydrogen-bond donors (Lipinski definition) is 0. The summed E-state index contributed by atoms with van der Waals surface area (Å²) in [5.41, 5.74) is -0.0641. The molecule has 0 N–H and O–H groups in total. The summed E-state index contributed by atoms with van der Waals surface area (Å²) in [6, 6.07) is 10.5. The van der Waals surface area contributed by atoms with Crippen molar-refractivity contribution < 1.29 is 32.0 Å². The van der Waals surface area contributed by atoms with Gasteiger partial charge in [0.25, 0.3) is 11.8 Å². The molecular formula is C23H12ClF3N2O4. The van der Waals surface area contributed by atoms with Crippen LogP contribution >= 0.6 is 11.6 Å². The van der Waals surface area contributed by atoms with Gasteiger partial charge >= 0.3 is 0 Å². The molecule has 10 heteroatoms. The molecule has 2 amide bonds. The van der Waals surface area contributed by atoms with E-state index in [0.29, 0.717) is 23.3 Å². The maximum Gasteiger partial charge on any atom is 0.261 e. The van der Waals surface area contributed by atoms with Crippen molar-refractivity contribution in [1.29, 1.82) is 0 Å². The van der Waals surface area contributed by atoms with E-state index in [2.05, 4.69) is 5.16 Å². The summed E-state index contributed by atoms with van der Waals surface area (Å²) in [4.78, 5) is 25.9. The number of nitrogens with zero attached hydrogens (tertiary/aromatic N) is 2. The average Bonchev–Trinajstić information content (AvgIpc) is 3.30. The normalized spacial score (nSPS) is 13.2. The Morgan fingerprint density at radius 1 is 0.970 bits per heavy atom. The predicted molar refractivity (Wildman–Crippen MR) is 112 cm³/mol. The number of fused-ring (bicyclic) bond motifs is 2. The van der Waals surface area contributed by atoms with Gasteiger partial charge in [-0.1, -0.05) is 28.9 Å². The van der Waals surface area contributed by atoms with Gasteiger partial charge in [-0.2, -0.15) is 0 Å². The van der Waals surface area contributed by atoms with E-state index in [9.17, 15) is 22.8 Å². The highest BCUT2D eigenvalue weighted by Gasteiger charge is 2.34. The van der Waals surface area contributed by atoms with E-state index in [-0.39, 0.29) is 40.6 Å². The van der Waals surface area contributed by atoms with Crippen LogP contribution in [-0.2, 0) is 0 Å². The number of halogens is 4. The molecule has 2 heterocycles. The largest absolute Gasteiger partial charge is 0.490 e. The molecule has 166 valence electrons. The van der Waals surface area contributed by atoms with Crippen LogP contribution in [0.4, 0.5) is 13.2 Å². The molecule has 0 saturated carbocycles. The number of amides is 2. The van der Waals surface area contributed by atoms with Crippen molar-refractivity contribution in [2.24, 2.45) is 0 Å². The quantitative estimate of drug-likeness (QED) is 0.371. The van der Waals surface area contributed by atoms with Gasteiger partial charge in [-0.15, -0.1) is 0 Å². The Kier molecular flexibility index (Phi) is 5.05. The third-order valence-corrected chi connectivity index (χ3v) is 5.60. The molecule has 1 aliphatic heterocycles. The van der Waals surface area contributed by atoms with Crippen LogP contribution in [0, 0.1) is 17.5 Å². The van der Waals surface area contributed by atoms with Gasteiger partial charge in [0.2, 0.25) is 0 Å². The highest BCUT2D eigenvalue weighted by Crippen LogP contribution is 2.39. The summed E-state index contributed by atoms with van der Waals surface area (Å²) >= 11 is 6.32. The lowest BCUT2D eigenvalue weighted by Gasteiger charge is -2.15. The van der Waals surface area contributed by atoms with Crippen LogP contribution in [-0.4, -0.2) is 35.0 Å². The average molecular weight is 473 g/mol. The fourth-order valence-corrected chi connectivity index (χ4v) is 3.96. The highest BCUT2D eigenvalue weighted by molar-refractivity contribution is 6.36. The van der Waals surface area contributed by atoms with E-state index in [0.717, 1.165) is 4.90 Å². The van der Waals surface area contributed by atoms with Crippen LogP contribution < -0.4 is 4.74 Å². The fraction of sp³-hybridized carbons (Fsp3) is 0.0870. The number of ether oxygens (including phenoxy) is 1. The molecule has 0 bridgehead atoms. The standard InChI is InChI=1S/C23H12ClF3N2O4/c24-19-17(32-8-7-29-22(30)12-3-1-2-4-13(12)23(29)31)6-5-14-20(28-33-21(14)19)18-15(26)9-11(25)10-16(18)27/h1-6,9-10H,7-8H2. The maximum atomic E-state index is 14.2. The van der Waals surface area contributed by atoms with Gasteiger partial charge in [0.1, 0.15) is 40.5 Å². The molecule has 33 heavy (non-hydrogen) atoms. The lowest BCUT2D eigenvalue weighted by Crippen LogP contribution is -2.33. The molecule has 0 atom stereocenters. The zero-order valence-electron chi connectivity index (χ0n) is 16.6. The molecule has 0 aliphatic carbocycles. The van der Waals surface area contributed by atoms with E-state index in [1.807, 2.05) is 0 Å². The monoisotopic (exact) mass is 472 g/mol. The Morgan fingerprint density at radius 2 is 1.61 bits per heavy atom. The van der Waals surface area contributed by atoms with Gasteiger partial charge in [0.05, 0.1) is 28.6 Å². The van der Waals surface area contributed by atoms with Gasteiger partial charge < -0.3 is 9.26 Å². The topological polar surface area (TPSA) is 72.6 Å². The van der Waals surface area contributed by atoms with E-state index >= 15 is 0 Å². The Balaban J connectivity index is 1.37. The summed E-state index contributed by atoms with van der Waals surface area (Å²) in [6.07, 6.45) is 0. The fourth-order valence-electron chi connectivity index (χ4n) is 3.70. The smallest absolute Gasteiger partial charge is 0.261 e. The number of imide groups is 1. The van der Waals surface area contributed by atoms with Gasteiger partial charge in [-0.3, -0.25) is 14.5 Å². The Labute approximate surface area is 189 Å². The molecule has 4 aromatic rings. The van der Waals surface area contributed by atoms with Crippen molar-refractivity contribution in [2.75, 3.05) is 13.2 Å². The van der Waals surface area contributed by atoms with E-state index in [4.69, 9.17) is 20.9 Å². The first-order valence-corrected chi connectivity index (χ1v) is 10.1. The molecule has 0 saturated heterocycles. The van der Waals surface area contributed by atoms with Gasteiger partial charge in [0.15, 0.2) is 5.58 Å². The second-order valence-corrected chi connectivity index (χ2v) is 7.56. The molecule has 3 aromatic carbocycles. The molecule has 0 spiro atoms. The second-order valence-electron chi connectivity index (χ2n) is 7.19. The van der Waals surface area contributed by atoms with Gasteiger partial charge in [-0.05, 0) is 24.3 Å². The Morgan fingerprint density at radius 3 is 2.24 bits per heavy atom. The van der Waals surface area contributed by atoms with E-state index < -0.39 is 34.8 Å². The summed E-state index contributed by atoms with van der Waals surface area (Å²) in [5, 5.41) is 3.86. The summed E-state index contributed by atoms with van der Waals surface area (Å²) in [7, 11) is 0. The highest BCUT2D eigenvalue weighted by atomic mass is 35.5. The number of aromatic nitrogens is 1. The van der Waals surface area contributed by atoms with Crippen molar-refractivity contribution in [1.82, 2.24) is 10.1 Å².